The number of phenolic OH excluding ortho intramolecular Hbond substituents is 1. The smallest absolute Gasteiger partial charge is 0.337 e. The molecular weight excluding hydrogens is 386 g/mol. The van der Waals surface area contributed by atoms with Crippen LogP contribution in [-0.2, 0) is 23.9 Å². The molecule has 1 aliphatic carbocycles. The maximum atomic E-state index is 13.5. The second kappa shape index (κ2) is 8.34. The van der Waals surface area contributed by atoms with Crippen LogP contribution in [-0.4, -0.2) is 36.0 Å². The van der Waals surface area contributed by atoms with Gasteiger partial charge in [-0.15, -0.1) is 0 Å². The number of esters is 2. The Hall–Kier alpha value is -3.09. The van der Waals surface area contributed by atoms with Gasteiger partial charge in [0, 0.05) is 22.9 Å². The summed E-state index contributed by atoms with van der Waals surface area (Å²) < 4.78 is 10.3. The van der Waals surface area contributed by atoms with Gasteiger partial charge in [0.25, 0.3) is 0 Å². The lowest BCUT2D eigenvalue weighted by Gasteiger charge is -2.38. The molecule has 0 spiro atoms. The van der Waals surface area contributed by atoms with Gasteiger partial charge >= 0.3 is 11.9 Å². The predicted molar refractivity (Wildman–Crippen MR) is 109 cm³/mol. The van der Waals surface area contributed by atoms with E-state index in [9.17, 15) is 19.5 Å². The van der Waals surface area contributed by atoms with Gasteiger partial charge in [-0.25, -0.2) is 4.79 Å². The molecule has 30 heavy (non-hydrogen) atoms. The number of allylic oxidation sites excluding steroid dienone is 3. The van der Waals surface area contributed by atoms with Crippen LogP contribution in [0.2, 0.25) is 0 Å². The van der Waals surface area contributed by atoms with Crippen LogP contribution < -0.4 is 5.32 Å². The second-order valence-corrected chi connectivity index (χ2v) is 8.08. The van der Waals surface area contributed by atoms with Gasteiger partial charge < -0.3 is 19.9 Å². The zero-order valence-corrected chi connectivity index (χ0v) is 17.8. The van der Waals surface area contributed by atoms with Gasteiger partial charge in [0.15, 0.2) is 5.78 Å². The molecule has 3 rings (SSSR count). The van der Waals surface area contributed by atoms with Gasteiger partial charge in [-0.2, -0.15) is 0 Å². The third-order valence-electron chi connectivity index (χ3n) is 5.51. The average Bonchev–Trinajstić information content (AvgIpc) is 2.65. The molecule has 2 N–H and O–H groups in total. The van der Waals surface area contributed by atoms with E-state index < -0.39 is 23.8 Å². The van der Waals surface area contributed by atoms with E-state index in [1.807, 2.05) is 6.92 Å². The molecule has 0 aromatic heterocycles. The fourth-order valence-corrected chi connectivity index (χ4v) is 4.27. The SMILES string of the molecule is COC(=O)[C@H]1C(=O)C2=C(C[C@@H]1C)NC(C)=C(C(=O)OC(C)C)[C@H]2c1cccc(O)c1. The van der Waals surface area contributed by atoms with Crippen molar-refractivity contribution in [2.45, 2.75) is 46.1 Å². The molecule has 3 atom stereocenters. The lowest BCUT2D eigenvalue weighted by molar-refractivity contribution is -0.151. The van der Waals surface area contributed by atoms with Crippen molar-refractivity contribution in [1.29, 1.82) is 0 Å². The van der Waals surface area contributed by atoms with Crippen molar-refractivity contribution in [2.75, 3.05) is 7.11 Å². The third-order valence-corrected chi connectivity index (χ3v) is 5.51. The predicted octanol–water partition coefficient (Wildman–Crippen LogP) is 2.96. The monoisotopic (exact) mass is 413 g/mol. The molecule has 1 aromatic carbocycles. The largest absolute Gasteiger partial charge is 0.508 e. The number of benzene rings is 1. The minimum atomic E-state index is -0.948. The Kier molecular flexibility index (Phi) is 6.01. The molecule has 0 amide bonds. The number of rotatable bonds is 4. The van der Waals surface area contributed by atoms with Gasteiger partial charge in [-0.05, 0) is 50.8 Å². The zero-order chi connectivity index (χ0) is 22.2. The third kappa shape index (κ3) is 3.84. The maximum Gasteiger partial charge on any atom is 0.337 e. The Morgan fingerprint density at radius 2 is 1.97 bits per heavy atom. The molecule has 7 nitrogen and oxygen atoms in total. The number of ether oxygens (including phenoxy) is 2. The number of phenols is 1. The number of carbonyl (C=O) groups excluding carboxylic acids is 3. The summed E-state index contributed by atoms with van der Waals surface area (Å²) in [6, 6.07) is 6.44. The summed E-state index contributed by atoms with van der Waals surface area (Å²) in [5.41, 5.74) is 2.48. The highest BCUT2D eigenvalue weighted by Crippen LogP contribution is 2.45. The summed E-state index contributed by atoms with van der Waals surface area (Å²) >= 11 is 0. The van der Waals surface area contributed by atoms with E-state index in [4.69, 9.17) is 9.47 Å². The number of aromatic hydroxyl groups is 1. The summed E-state index contributed by atoms with van der Waals surface area (Å²) in [6.07, 6.45) is 0.114. The van der Waals surface area contributed by atoms with E-state index in [2.05, 4.69) is 5.32 Å². The van der Waals surface area contributed by atoms with Crippen molar-refractivity contribution in [2.24, 2.45) is 11.8 Å². The number of Topliss-reactive ketones (excluding diaryl/α,β-unsaturated/α-hetero) is 1. The van der Waals surface area contributed by atoms with Crippen LogP contribution in [0.1, 0.15) is 45.6 Å². The van der Waals surface area contributed by atoms with Crippen LogP contribution in [0.5, 0.6) is 5.75 Å². The van der Waals surface area contributed by atoms with Crippen LogP contribution in [0.25, 0.3) is 0 Å². The molecule has 0 saturated heterocycles. The number of ketones is 1. The molecule has 160 valence electrons. The molecule has 1 aliphatic heterocycles. The first-order chi connectivity index (χ1) is 14.1. The van der Waals surface area contributed by atoms with E-state index in [-0.39, 0.29) is 23.6 Å². The molecule has 7 heteroatoms. The molecule has 0 fully saturated rings. The van der Waals surface area contributed by atoms with E-state index in [0.717, 1.165) is 0 Å². The minimum absolute atomic E-state index is 0.0172. The van der Waals surface area contributed by atoms with Crippen molar-refractivity contribution in [1.82, 2.24) is 5.32 Å². The van der Waals surface area contributed by atoms with E-state index >= 15 is 0 Å². The first-order valence-electron chi connectivity index (χ1n) is 9.98. The van der Waals surface area contributed by atoms with Crippen LogP contribution in [0.3, 0.4) is 0 Å². The normalized spacial score (nSPS) is 23.8. The van der Waals surface area contributed by atoms with Crippen molar-refractivity contribution in [3.05, 3.63) is 52.4 Å². The number of hydrogen-bond donors (Lipinski definition) is 2. The topological polar surface area (TPSA) is 102 Å². The molecule has 0 saturated carbocycles. The molecule has 0 unspecified atom stereocenters. The Balaban J connectivity index is 2.19. The molecule has 0 bridgehead atoms. The van der Waals surface area contributed by atoms with Gasteiger partial charge in [-0.3, -0.25) is 9.59 Å². The van der Waals surface area contributed by atoms with Gasteiger partial charge in [0.2, 0.25) is 0 Å². The van der Waals surface area contributed by atoms with E-state index in [0.29, 0.717) is 34.5 Å². The summed E-state index contributed by atoms with van der Waals surface area (Å²) in [6.45, 7) is 7.09. The molecule has 2 aliphatic rings. The highest BCUT2D eigenvalue weighted by molar-refractivity contribution is 6.12. The Morgan fingerprint density at radius 3 is 2.57 bits per heavy atom. The molecular formula is C23H27NO6. The van der Waals surface area contributed by atoms with Crippen LogP contribution in [0.15, 0.2) is 46.8 Å². The number of methoxy groups -OCH3 is 1. The first-order valence-corrected chi connectivity index (χ1v) is 9.98. The van der Waals surface area contributed by atoms with E-state index in [1.165, 1.54) is 19.2 Å². The number of nitrogens with one attached hydrogen (secondary N) is 1. The Bertz CT molecular complexity index is 958. The van der Waals surface area contributed by atoms with Gasteiger partial charge in [-0.1, -0.05) is 19.1 Å². The lowest BCUT2D eigenvalue weighted by atomic mass is 9.69. The Morgan fingerprint density at radius 1 is 1.27 bits per heavy atom. The van der Waals surface area contributed by atoms with Crippen molar-refractivity contribution < 1.29 is 29.0 Å². The zero-order valence-electron chi connectivity index (χ0n) is 17.8. The van der Waals surface area contributed by atoms with E-state index in [1.54, 1.807) is 32.9 Å². The number of hydrogen-bond acceptors (Lipinski definition) is 7. The summed E-state index contributed by atoms with van der Waals surface area (Å²) in [5, 5.41) is 13.2. The fourth-order valence-electron chi connectivity index (χ4n) is 4.27. The number of dihydropyridines is 1. The second-order valence-electron chi connectivity index (χ2n) is 8.08. The average molecular weight is 413 g/mol. The number of carbonyl (C=O) groups is 3. The van der Waals surface area contributed by atoms with Gasteiger partial charge in [0.1, 0.15) is 11.7 Å². The van der Waals surface area contributed by atoms with Crippen molar-refractivity contribution in [3.63, 3.8) is 0 Å². The van der Waals surface area contributed by atoms with Crippen molar-refractivity contribution in [3.8, 4) is 5.75 Å². The minimum Gasteiger partial charge on any atom is -0.508 e. The maximum absolute atomic E-state index is 13.5. The van der Waals surface area contributed by atoms with Crippen molar-refractivity contribution >= 4 is 17.7 Å². The van der Waals surface area contributed by atoms with Crippen LogP contribution in [0, 0.1) is 11.8 Å². The Labute approximate surface area is 175 Å². The summed E-state index contributed by atoms with van der Waals surface area (Å²) in [7, 11) is 1.26. The highest BCUT2D eigenvalue weighted by Gasteiger charge is 2.47. The van der Waals surface area contributed by atoms with Gasteiger partial charge in [0.05, 0.1) is 18.8 Å². The van der Waals surface area contributed by atoms with Crippen LogP contribution >= 0.6 is 0 Å². The fraction of sp³-hybridized carbons (Fsp3) is 0.435. The standard InChI is InChI=1S/C23H27NO6/c1-11(2)30-23(28)18-13(4)24-16-9-12(3)17(22(27)29-5)21(26)20(16)19(18)14-7-6-8-15(25)10-14/h6-8,10-12,17,19,24-25H,9H2,1-5H3/t12-,17+,19+/m0/s1. The molecule has 1 aromatic rings. The first kappa shape index (κ1) is 21.6. The lowest BCUT2D eigenvalue weighted by Crippen LogP contribution is -2.43. The summed E-state index contributed by atoms with van der Waals surface area (Å²) in [5.74, 6) is -3.45. The van der Waals surface area contributed by atoms with Crippen LogP contribution in [0.4, 0.5) is 0 Å². The highest BCUT2D eigenvalue weighted by atomic mass is 16.5. The molecule has 1 heterocycles. The summed E-state index contributed by atoms with van der Waals surface area (Å²) in [4.78, 5) is 38.9. The quantitative estimate of drug-likeness (QED) is 0.578. The molecule has 0 radical (unpaired) electrons.